The monoisotopic (exact) mass is 302 g/mol. The maximum atomic E-state index is 13.6. The Bertz CT molecular complexity index is 893. The number of hydrogen-bond acceptors (Lipinski definition) is 3. The third-order valence-corrected chi connectivity index (χ3v) is 3.42. The van der Waals surface area contributed by atoms with Crippen LogP contribution in [0, 0.1) is 11.6 Å². The summed E-state index contributed by atoms with van der Waals surface area (Å²) in [6.45, 7) is -0.211. The summed E-state index contributed by atoms with van der Waals surface area (Å²) in [5, 5.41) is 10.5. The van der Waals surface area contributed by atoms with Gasteiger partial charge in [0.2, 0.25) is 0 Å². The average molecular weight is 302 g/mol. The van der Waals surface area contributed by atoms with Crippen LogP contribution in [-0.4, -0.2) is 14.7 Å². The van der Waals surface area contributed by atoms with Gasteiger partial charge in [-0.25, -0.2) is 13.8 Å². The van der Waals surface area contributed by atoms with Crippen molar-refractivity contribution in [2.75, 3.05) is 0 Å². The van der Waals surface area contributed by atoms with Gasteiger partial charge in [-0.15, -0.1) is 0 Å². The Kier molecular flexibility index (Phi) is 3.68. The summed E-state index contributed by atoms with van der Waals surface area (Å²) in [7, 11) is 0. The Labute approximate surface area is 124 Å². The van der Waals surface area contributed by atoms with Crippen molar-refractivity contribution in [3.63, 3.8) is 0 Å². The minimum atomic E-state index is -1.35. The first-order chi connectivity index (χ1) is 10.6. The van der Waals surface area contributed by atoms with Crippen molar-refractivity contribution in [2.45, 2.75) is 12.6 Å². The smallest absolute Gasteiger partial charge is 0.261 e. The van der Waals surface area contributed by atoms with Gasteiger partial charge < -0.3 is 5.11 Å². The predicted octanol–water partition coefficient (Wildman–Crippen LogP) is 2.41. The van der Waals surface area contributed by atoms with E-state index in [-0.39, 0.29) is 17.7 Å². The van der Waals surface area contributed by atoms with E-state index in [1.807, 2.05) is 0 Å². The predicted molar refractivity (Wildman–Crippen MR) is 77.3 cm³/mol. The molecule has 0 saturated carbocycles. The van der Waals surface area contributed by atoms with Gasteiger partial charge in [-0.05, 0) is 30.3 Å². The Morgan fingerprint density at radius 2 is 1.95 bits per heavy atom. The number of benzene rings is 2. The van der Waals surface area contributed by atoms with Gasteiger partial charge in [0.25, 0.3) is 5.56 Å². The van der Waals surface area contributed by atoms with Gasteiger partial charge in [-0.2, -0.15) is 0 Å². The molecule has 3 aromatic rings. The van der Waals surface area contributed by atoms with Crippen molar-refractivity contribution in [3.05, 3.63) is 76.3 Å². The Morgan fingerprint density at radius 1 is 1.18 bits per heavy atom. The summed E-state index contributed by atoms with van der Waals surface area (Å²) < 4.78 is 28.0. The molecular formula is C16H12F2N2O2. The molecule has 1 unspecified atom stereocenters. The molecule has 3 rings (SSSR count). The largest absolute Gasteiger partial charge is 0.386 e. The van der Waals surface area contributed by atoms with Crippen molar-refractivity contribution in [1.29, 1.82) is 0 Å². The summed E-state index contributed by atoms with van der Waals surface area (Å²) in [5.41, 5.74) is -0.00306. The lowest BCUT2D eigenvalue weighted by Gasteiger charge is -2.14. The van der Waals surface area contributed by atoms with Crippen molar-refractivity contribution in [1.82, 2.24) is 9.55 Å². The quantitative estimate of drug-likeness (QED) is 0.808. The normalized spacial score (nSPS) is 12.5. The van der Waals surface area contributed by atoms with Crippen LogP contribution in [0.15, 0.2) is 53.6 Å². The standard InChI is InChI=1S/C16H12F2N2O2/c17-10-5-6-13(18)12(7-10)15(21)8-20-9-19-14-4-2-1-3-11(14)16(20)22/h1-7,9,15,21H,8H2. The van der Waals surface area contributed by atoms with Gasteiger partial charge >= 0.3 is 0 Å². The van der Waals surface area contributed by atoms with E-state index in [1.54, 1.807) is 24.3 Å². The Hall–Kier alpha value is -2.60. The van der Waals surface area contributed by atoms with Crippen LogP contribution in [0.3, 0.4) is 0 Å². The molecule has 0 fully saturated rings. The molecule has 4 nitrogen and oxygen atoms in total. The van der Waals surface area contributed by atoms with E-state index in [0.29, 0.717) is 10.9 Å². The van der Waals surface area contributed by atoms with Crippen LogP contribution < -0.4 is 5.56 Å². The zero-order chi connectivity index (χ0) is 15.7. The first kappa shape index (κ1) is 14.3. The summed E-state index contributed by atoms with van der Waals surface area (Å²) in [5.74, 6) is -1.38. The number of hydrogen-bond donors (Lipinski definition) is 1. The first-order valence-corrected chi connectivity index (χ1v) is 6.63. The van der Waals surface area contributed by atoms with Crippen molar-refractivity contribution in [2.24, 2.45) is 0 Å². The van der Waals surface area contributed by atoms with Crippen LogP contribution in [0.2, 0.25) is 0 Å². The zero-order valence-corrected chi connectivity index (χ0v) is 11.4. The van der Waals surface area contributed by atoms with Gasteiger partial charge in [0.1, 0.15) is 11.6 Å². The van der Waals surface area contributed by atoms with Crippen LogP contribution in [0.5, 0.6) is 0 Å². The van der Waals surface area contributed by atoms with E-state index in [1.165, 1.54) is 10.9 Å². The lowest BCUT2D eigenvalue weighted by atomic mass is 10.1. The maximum absolute atomic E-state index is 13.6. The average Bonchev–Trinajstić information content (AvgIpc) is 2.52. The van der Waals surface area contributed by atoms with Gasteiger partial charge in [0.15, 0.2) is 0 Å². The lowest BCUT2D eigenvalue weighted by molar-refractivity contribution is 0.150. The number of rotatable bonds is 3. The molecule has 1 N–H and O–H groups in total. The van der Waals surface area contributed by atoms with E-state index >= 15 is 0 Å². The molecular weight excluding hydrogens is 290 g/mol. The molecule has 0 bridgehead atoms. The highest BCUT2D eigenvalue weighted by Crippen LogP contribution is 2.19. The number of para-hydroxylation sites is 1. The minimum absolute atomic E-state index is 0.194. The number of aromatic nitrogens is 2. The first-order valence-electron chi connectivity index (χ1n) is 6.63. The van der Waals surface area contributed by atoms with Crippen molar-refractivity contribution in [3.8, 4) is 0 Å². The maximum Gasteiger partial charge on any atom is 0.261 e. The summed E-state index contributed by atoms with van der Waals surface area (Å²) in [4.78, 5) is 16.4. The van der Waals surface area contributed by atoms with Crippen molar-refractivity contribution < 1.29 is 13.9 Å². The second-order valence-corrected chi connectivity index (χ2v) is 4.90. The number of nitrogens with zero attached hydrogens (tertiary/aromatic N) is 2. The highest BCUT2D eigenvalue weighted by molar-refractivity contribution is 5.76. The van der Waals surface area contributed by atoms with Gasteiger partial charge in [-0.1, -0.05) is 12.1 Å². The molecule has 2 aromatic carbocycles. The molecule has 0 saturated heterocycles. The van der Waals surface area contributed by atoms with Crippen LogP contribution >= 0.6 is 0 Å². The van der Waals surface area contributed by atoms with Crippen LogP contribution in [-0.2, 0) is 6.54 Å². The topological polar surface area (TPSA) is 55.1 Å². The SMILES string of the molecule is O=c1c2ccccc2ncn1CC(O)c1cc(F)ccc1F. The van der Waals surface area contributed by atoms with E-state index in [0.717, 1.165) is 18.2 Å². The molecule has 112 valence electrons. The molecule has 0 spiro atoms. The summed E-state index contributed by atoms with van der Waals surface area (Å²) in [6, 6.07) is 9.61. The highest BCUT2D eigenvalue weighted by Gasteiger charge is 2.16. The minimum Gasteiger partial charge on any atom is -0.386 e. The molecule has 1 atom stereocenters. The zero-order valence-electron chi connectivity index (χ0n) is 11.4. The molecule has 0 amide bonds. The lowest BCUT2D eigenvalue weighted by Crippen LogP contribution is -2.24. The fraction of sp³-hybridized carbons (Fsp3) is 0.125. The molecule has 0 aliphatic rings. The molecule has 0 radical (unpaired) electrons. The fourth-order valence-corrected chi connectivity index (χ4v) is 2.29. The van der Waals surface area contributed by atoms with Crippen molar-refractivity contribution >= 4 is 10.9 Å². The van der Waals surface area contributed by atoms with E-state index in [2.05, 4.69) is 4.98 Å². The molecule has 0 aliphatic carbocycles. The van der Waals surface area contributed by atoms with Crippen LogP contribution in [0.4, 0.5) is 8.78 Å². The molecule has 22 heavy (non-hydrogen) atoms. The van der Waals surface area contributed by atoms with Crippen LogP contribution in [0.1, 0.15) is 11.7 Å². The highest BCUT2D eigenvalue weighted by atomic mass is 19.1. The van der Waals surface area contributed by atoms with E-state index in [4.69, 9.17) is 0 Å². The summed E-state index contributed by atoms with van der Waals surface area (Å²) >= 11 is 0. The Balaban J connectivity index is 1.97. The molecule has 1 heterocycles. The second kappa shape index (κ2) is 5.65. The molecule has 1 aromatic heterocycles. The van der Waals surface area contributed by atoms with E-state index in [9.17, 15) is 18.7 Å². The second-order valence-electron chi connectivity index (χ2n) is 4.90. The van der Waals surface area contributed by atoms with E-state index < -0.39 is 17.7 Å². The Morgan fingerprint density at radius 3 is 2.77 bits per heavy atom. The van der Waals surface area contributed by atoms with Gasteiger partial charge in [0.05, 0.1) is 29.9 Å². The number of aliphatic hydroxyl groups excluding tert-OH is 1. The van der Waals surface area contributed by atoms with Gasteiger partial charge in [0, 0.05) is 5.56 Å². The third kappa shape index (κ3) is 2.60. The third-order valence-electron chi connectivity index (χ3n) is 3.42. The molecule has 6 heteroatoms. The fourth-order valence-electron chi connectivity index (χ4n) is 2.29. The summed E-state index contributed by atoms with van der Waals surface area (Å²) in [6.07, 6.45) is -0.0678. The number of aliphatic hydroxyl groups is 1. The number of fused-ring (bicyclic) bond motifs is 1. The van der Waals surface area contributed by atoms with Gasteiger partial charge in [-0.3, -0.25) is 9.36 Å². The molecule has 0 aliphatic heterocycles. The van der Waals surface area contributed by atoms with Crippen LogP contribution in [0.25, 0.3) is 10.9 Å². The number of halogens is 2.